The van der Waals surface area contributed by atoms with Crippen molar-refractivity contribution in [2.24, 2.45) is 5.92 Å². The van der Waals surface area contributed by atoms with Gasteiger partial charge < -0.3 is 15.1 Å². The lowest BCUT2D eigenvalue weighted by Crippen LogP contribution is -2.29. The van der Waals surface area contributed by atoms with Crippen LogP contribution in [0.5, 0.6) is 0 Å². The number of aromatic nitrogens is 1. The van der Waals surface area contributed by atoms with Gasteiger partial charge in [-0.25, -0.2) is 4.79 Å². The van der Waals surface area contributed by atoms with Gasteiger partial charge in [0.15, 0.2) is 0 Å². The molecular formula is C14H16N2O4. The number of pyridine rings is 1. The van der Waals surface area contributed by atoms with Gasteiger partial charge in [0.25, 0.3) is 5.91 Å². The summed E-state index contributed by atoms with van der Waals surface area (Å²) in [5.41, 5.74) is 0.993. The van der Waals surface area contributed by atoms with Crippen LogP contribution in [0.4, 0.5) is 0 Å². The van der Waals surface area contributed by atoms with Gasteiger partial charge in [-0.2, -0.15) is 0 Å². The zero-order chi connectivity index (χ0) is 14.5. The molecule has 1 aromatic heterocycles. The third kappa shape index (κ3) is 3.42. The standard InChI is InChI=1S/C14H16N2O4/c17-9-11-3-4-16(8-11)14(20)12-5-10(6-15-7-12)1-2-13(18)19/h1-2,5-7,11,17H,3-4,8-9H2,(H,18,19)/b2-1+. The molecule has 0 bridgehead atoms. The second-order valence-electron chi connectivity index (χ2n) is 4.77. The molecule has 20 heavy (non-hydrogen) atoms. The van der Waals surface area contributed by atoms with Crippen molar-refractivity contribution in [2.45, 2.75) is 6.42 Å². The number of hydrogen-bond donors (Lipinski definition) is 2. The second kappa shape index (κ2) is 6.29. The molecule has 1 aliphatic rings. The highest BCUT2D eigenvalue weighted by Gasteiger charge is 2.26. The highest BCUT2D eigenvalue weighted by molar-refractivity contribution is 5.95. The summed E-state index contributed by atoms with van der Waals surface area (Å²) in [7, 11) is 0. The Bertz CT molecular complexity index is 542. The number of rotatable bonds is 4. The number of amides is 1. The van der Waals surface area contributed by atoms with Gasteiger partial charge >= 0.3 is 5.97 Å². The maximum atomic E-state index is 12.3. The quantitative estimate of drug-likeness (QED) is 0.787. The predicted molar refractivity (Wildman–Crippen MR) is 72.0 cm³/mol. The summed E-state index contributed by atoms with van der Waals surface area (Å²) < 4.78 is 0. The zero-order valence-corrected chi connectivity index (χ0v) is 10.9. The molecule has 1 amide bonds. The number of hydrogen-bond acceptors (Lipinski definition) is 4. The Kier molecular flexibility index (Phi) is 4.47. The van der Waals surface area contributed by atoms with E-state index in [0.29, 0.717) is 24.2 Å². The maximum Gasteiger partial charge on any atom is 0.328 e. The van der Waals surface area contributed by atoms with Crippen LogP contribution in [0, 0.1) is 5.92 Å². The molecular weight excluding hydrogens is 260 g/mol. The minimum absolute atomic E-state index is 0.0867. The molecule has 1 aliphatic heterocycles. The van der Waals surface area contributed by atoms with E-state index in [4.69, 9.17) is 10.2 Å². The molecule has 0 saturated carbocycles. The van der Waals surface area contributed by atoms with Gasteiger partial charge in [-0.3, -0.25) is 9.78 Å². The van der Waals surface area contributed by atoms with Gasteiger partial charge in [-0.05, 0) is 24.1 Å². The molecule has 2 heterocycles. The maximum absolute atomic E-state index is 12.3. The topological polar surface area (TPSA) is 90.7 Å². The first-order chi connectivity index (χ1) is 9.60. The van der Waals surface area contributed by atoms with E-state index in [0.717, 1.165) is 12.5 Å². The number of aliphatic hydroxyl groups is 1. The molecule has 0 spiro atoms. The van der Waals surface area contributed by atoms with E-state index in [2.05, 4.69) is 4.98 Å². The number of nitrogens with zero attached hydrogens (tertiary/aromatic N) is 2. The van der Waals surface area contributed by atoms with Gasteiger partial charge in [-0.15, -0.1) is 0 Å². The Morgan fingerprint density at radius 2 is 2.25 bits per heavy atom. The molecule has 0 aliphatic carbocycles. The number of carboxylic acids is 1. The van der Waals surface area contributed by atoms with E-state index in [1.54, 1.807) is 11.0 Å². The lowest BCUT2D eigenvalue weighted by molar-refractivity contribution is -0.131. The molecule has 6 nitrogen and oxygen atoms in total. The van der Waals surface area contributed by atoms with Crippen molar-refractivity contribution in [3.8, 4) is 0 Å². The van der Waals surface area contributed by atoms with E-state index in [1.807, 2.05) is 0 Å². The molecule has 1 saturated heterocycles. The third-order valence-corrected chi connectivity index (χ3v) is 3.26. The summed E-state index contributed by atoms with van der Waals surface area (Å²) in [6, 6.07) is 1.61. The first-order valence-electron chi connectivity index (χ1n) is 6.36. The Morgan fingerprint density at radius 3 is 2.90 bits per heavy atom. The average molecular weight is 276 g/mol. The summed E-state index contributed by atoms with van der Waals surface area (Å²) in [6.07, 6.45) is 6.16. The van der Waals surface area contributed by atoms with E-state index in [-0.39, 0.29) is 18.4 Å². The lowest BCUT2D eigenvalue weighted by Gasteiger charge is -2.16. The molecule has 1 fully saturated rings. The van der Waals surface area contributed by atoms with Crippen molar-refractivity contribution in [1.82, 2.24) is 9.88 Å². The summed E-state index contributed by atoms with van der Waals surface area (Å²) in [5, 5.41) is 17.7. The summed E-state index contributed by atoms with van der Waals surface area (Å²) in [5.74, 6) is -1.05. The van der Waals surface area contributed by atoms with Gasteiger partial charge in [-0.1, -0.05) is 0 Å². The lowest BCUT2D eigenvalue weighted by atomic mass is 10.1. The van der Waals surface area contributed by atoms with Gasteiger partial charge in [0.05, 0.1) is 5.56 Å². The van der Waals surface area contributed by atoms with Gasteiger partial charge in [0.1, 0.15) is 0 Å². The fourth-order valence-corrected chi connectivity index (χ4v) is 2.18. The van der Waals surface area contributed by atoms with E-state index in [1.165, 1.54) is 18.5 Å². The zero-order valence-electron chi connectivity index (χ0n) is 10.9. The Labute approximate surface area is 116 Å². The third-order valence-electron chi connectivity index (χ3n) is 3.26. The van der Waals surface area contributed by atoms with Crippen LogP contribution >= 0.6 is 0 Å². The Hall–Kier alpha value is -2.21. The normalized spacial score (nSPS) is 18.6. The molecule has 1 aromatic rings. The van der Waals surface area contributed by atoms with Gasteiger partial charge in [0, 0.05) is 44.1 Å². The molecule has 1 unspecified atom stereocenters. The summed E-state index contributed by atoms with van der Waals surface area (Å²) in [6.45, 7) is 1.26. The van der Waals surface area contributed by atoms with Crippen molar-refractivity contribution in [1.29, 1.82) is 0 Å². The van der Waals surface area contributed by atoms with E-state index < -0.39 is 5.97 Å². The number of carbonyl (C=O) groups excluding carboxylic acids is 1. The fourth-order valence-electron chi connectivity index (χ4n) is 2.18. The van der Waals surface area contributed by atoms with E-state index in [9.17, 15) is 9.59 Å². The molecule has 2 rings (SSSR count). The van der Waals surface area contributed by atoms with Crippen LogP contribution < -0.4 is 0 Å². The first-order valence-corrected chi connectivity index (χ1v) is 6.36. The highest BCUT2D eigenvalue weighted by atomic mass is 16.4. The number of likely N-dealkylation sites (tertiary alicyclic amines) is 1. The van der Waals surface area contributed by atoms with Crippen LogP contribution in [-0.2, 0) is 4.79 Å². The first kappa shape index (κ1) is 14.2. The highest BCUT2D eigenvalue weighted by Crippen LogP contribution is 2.18. The molecule has 106 valence electrons. The number of carboxylic acid groups (broad SMARTS) is 1. The Balaban J connectivity index is 2.11. The van der Waals surface area contributed by atoms with Crippen LogP contribution in [-0.4, -0.2) is 51.7 Å². The number of carbonyl (C=O) groups is 2. The van der Waals surface area contributed by atoms with Crippen LogP contribution in [0.15, 0.2) is 24.5 Å². The van der Waals surface area contributed by atoms with Crippen molar-refractivity contribution in [2.75, 3.05) is 19.7 Å². The van der Waals surface area contributed by atoms with Crippen LogP contribution in [0.2, 0.25) is 0 Å². The molecule has 1 atom stereocenters. The molecule has 0 radical (unpaired) electrons. The molecule has 0 aromatic carbocycles. The van der Waals surface area contributed by atoms with Gasteiger partial charge in [0.2, 0.25) is 0 Å². The monoisotopic (exact) mass is 276 g/mol. The number of aliphatic carboxylic acids is 1. The van der Waals surface area contributed by atoms with E-state index >= 15 is 0 Å². The van der Waals surface area contributed by atoms with Crippen molar-refractivity contribution in [3.63, 3.8) is 0 Å². The minimum atomic E-state index is -1.05. The summed E-state index contributed by atoms with van der Waals surface area (Å²) >= 11 is 0. The van der Waals surface area contributed by atoms with Crippen LogP contribution in [0.1, 0.15) is 22.3 Å². The van der Waals surface area contributed by atoms with Crippen molar-refractivity contribution >= 4 is 18.0 Å². The molecule has 6 heteroatoms. The van der Waals surface area contributed by atoms with Crippen LogP contribution in [0.25, 0.3) is 6.08 Å². The average Bonchev–Trinajstić information content (AvgIpc) is 2.93. The molecule has 2 N–H and O–H groups in total. The number of aliphatic hydroxyl groups excluding tert-OH is 1. The fraction of sp³-hybridized carbons (Fsp3) is 0.357. The van der Waals surface area contributed by atoms with Crippen molar-refractivity contribution < 1.29 is 19.8 Å². The van der Waals surface area contributed by atoms with Crippen molar-refractivity contribution in [3.05, 3.63) is 35.7 Å². The predicted octanol–water partition coefficient (Wildman–Crippen LogP) is 0.634. The minimum Gasteiger partial charge on any atom is -0.478 e. The smallest absolute Gasteiger partial charge is 0.328 e. The second-order valence-corrected chi connectivity index (χ2v) is 4.77. The Morgan fingerprint density at radius 1 is 1.45 bits per heavy atom. The SMILES string of the molecule is O=C(O)/C=C/c1cncc(C(=O)N2CCC(CO)C2)c1. The van der Waals surface area contributed by atoms with Crippen LogP contribution in [0.3, 0.4) is 0 Å². The largest absolute Gasteiger partial charge is 0.478 e. The summed E-state index contributed by atoms with van der Waals surface area (Å²) in [4.78, 5) is 28.4.